The molecule has 2 heterocycles. The Balaban J connectivity index is 1.93. The molecule has 0 spiro atoms. The summed E-state index contributed by atoms with van der Waals surface area (Å²) in [4.78, 5) is 27.3. The van der Waals surface area contributed by atoms with Crippen molar-refractivity contribution < 1.29 is 9.59 Å². The summed E-state index contributed by atoms with van der Waals surface area (Å²) in [5.74, 6) is -0.337. The highest BCUT2D eigenvalue weighted by Crippen LogP contribution is 2.38. The topological polar surface area (TPSA) is 80.1 Å². The zero-order valence-corrected chi connectivity index (χ0v) is 15.5. The Labute approximate surface area is 150 Å². The number of hydrogen-bond acceptors (Lipinski definition) is 5. The highest BCUT2D eigenvalue weighted by Gasteiger charge is 2.44. The van der Waals surface area contributed by atoms with Gasteiger partial charge in [-0.1, -0.05) is 23.9 Å². The predicted octanol–water partition coefficient (Wildman–Crippen LogP) is 2.54. The summed E-state index contributed by atoms with van der Waals surface area (Å²) in [6.07, 6.45) is 1.65. The van der Waals surface area contributed by atoms with Gasteiger partial charge in [0.15, 0.2) is 5.16 Å². The molecular formula is C17H21N5O2S. The first-order valence-electron chi connectivity index (χ1n) is 8.15. The maximum atomic E-state index is 13.2. The fourth-order valence-electron chi connectivity index (χ4n) is 2.79. The standard InChI is InChI=1S/C17H21N5O2S/c1-5-21-10-18-20-16(21)25-11(2)14(23)22-13-9-7-6-8-12(13)19-15(24)17(22,3)4/h6-11H,5H2,1-4H3,(H,19,24). The van der Waals surface area contributed by atoms with Crippen LogP contribution < -0.4 is 10.2 Å². The lowest BCUT2D eigenvalue weighted by Gasteiger charge is -2.43. The Morgan fingerprint density at radius 1 is 1.36 bits per heavy atom. The summed E-state index contributed by atoms with van der Waals surface area (Å²) in [6.45, 7) is 8.06. The third-order valence-corrected chi connectivity index (χ3v) is 5.36. The third kappa shape index (κ3) is 3.02. The minimum Gasteiger partial charge on any atom is -0.322 e. The summed E-state index contributed by atoms with van der Waals surface area (Å²) >= 11 is 1.35. The molecule has 132 valence electrons. The third-order valence-electron chi connectivity index (χ3n) is 4.28. The van der Waals surface area contributed by atoms with Crippen molar-refractivity contribution in [3.05, 3.63) is 30.6 Å². The molecule has 8 heteroatoms. The average Bonchev–Trinajstić information content (AvgIpc) is 3.02. The lowest BCUT2D eigenvalue weighted by atomic mass is 9.96. The second-order valence-corrected chi connectivity index (χ2v) is 7.67. The quantitative estimate of drug-likeness (QED) is 0.849. The number of amides is 2. The van der Waals surface area contributed by atoms with Crippen LogP contribution in [-0.4, -0.2) is 37.4 Å². The molecule has 1 aliphatic heterocycles. The summed E-state index contributed by atoms with van der Waals surface area (Å²) < 4.78 is 1.89. The molecule has 2 aromatic rings. The normalized spacial score (nSPS) is 17.0. The minimum absolute atomic E-state index is 0.136. The van der Waals surface area contributed by atoms with Gasteiger partial charge in [0, 0.05) is 6.54 Å². The summed E-state index contributed by atoms with van der Waals surface area (Å²) in [5.41, 5.74) is 0.384. The Bertz CT molecular complexity index is 817. The monoisotopic (exact) mass is 359 g/mol. The van der Waals surface area contributed by atoms with Crippen molar-refractivity contribution in [3.8, 4) is 0 Å². The van der Waals surface area contributed by atoms with E-state index in [4.69, 9.17) is 0 Å². The molecule has 0 bridgehead atoms. The van der Waals surface area contributed by atoms with Crippen LogP contribution in [0.2, 0.25) is 0 Å². The molecule has 25 heavy (non-hydrogen) atoms. The van der Waals surface area contributed by atoms with Crippen LogP contribution in [0.4, 0.5) is 11.4 Å². The molecule has 3 rings (SSSR count). The number of carbonyl (C=O) groups is 2. The van der Waals surface area contributed by atoms with Crippen molar-refractivity contribution in [3.63, 3.8) is 0 Å². The van der Waals surface area contributed by atoms with E-state index in [0.29, 0.717) is 16.5 Å². The number of aryl methyl sites for hydroxylation is 1. The number of carbonyl (C=O) groups excluding carboxylic acids is 2. The van der Waals surface area contributed by atoms with Gasteiger partial charge in [-0.3, -0.25) is 14.5 Å². The number of hydrogen-bond donors (Lipinski definition) is 1. The first kappa shape index (κ1) is 17.5. The Morgan fingerprint density at radius 3 is 2.80 bits per heavy atom. The first-order chi connectivity index (χ1) is 11.9. The summed E-state index contributed by atoms with van der Waals surface area (Å²) in [5, 5.41) is 11.1. The second kappa shape index (κ2) is 6.51. The van der Waals surface area contributed by atoms with Crippen LogP contribution in [-0.2, 0) is 16.1 Å². The van der Waals surface area contributed by atoms with Crippen molar-refractivity contribution in [2.24, 2.45) is 0 Å². The minimum atomic E-state index is -0.974. The lowest BCUT2D eigenvalue weighted by Crippen LogP contribution is -2.60. The highest BCUT2D eigenvalue weighted by atomic mass is 32.2. The van der Waals surface area contributed by atoms with Gasteiger partial charge in [-0.25, -0.2) is 0 Å². The van der Waals surface area contributed by atoms with E-state index in [1.807, 2.05) is 36.6 Å². The maximum Gasteiger partial charge on any atom is 0.250 e. The van der Waals surface area contributed by atoms with Gasteiger partial charge < -0.3 is 9.88 Å². The molecule has 0 saturated heterocycles. The molecule has 1 N–H and O–H groups in total. The fourth-order valence-corrected chi connectivity index (χ4v) is 3.72. The molecule has 1 aliphatic rings. The largest absolute Gasteiger partial charge is 0.322 e. The van der Waals surface area contributed by atoms with Gasteiger partial charge in [0.25, 0.3) is 0 Å². The van der Waals surface area contributed by atoms with Gasteiger partial charge in [0.2, 0.25) is 11.8 Å². The number of benzene rings is 1. The van der Waals surface area contributed by atoms with Gasteiger partial charge in [-0.05, 0) is 39.8 Å². The number of rotatable bonds is 4. The van der Waals surface area contributed by atoms with E-state index in [1.165, 1.54) is 11.8 Å². The van der Waals surface area contributed by atoms with Crippen molar-refractivity contribution in [2.45, 2.75) is 50.2 Å². The van der Waals surface area contributed by atoms with Crippen LogP contribution in [0.15, 0.2) is 35.7 Å². The Kier molecular flexibility index (Phi) is 4.55. The van der Waals surface area contributed by atoms with Crippen molar-refractivity contribution in [1.29, 1.82) is 0 Å². The zero-order valence-electron chi connectivity index (χ0n) is 14.7. The van der Waals surface area contributed by atoms with E-state index in [1.54, 1.807) is 31.1 Å². The van der Waals surface area contributed by atoms with Crippen LogP contribution in [0.1, 0.15) is 27.7 Å². The van der Waals surface area contributed by atoms with E-state index in [9.17, 15) is 9.59 Å². The molecule has 0 radical (unpaired) electrons. The lowest BCUT2D eigenvalue weighted by molar-refractivity contribution is -0.126. The van der Waals surface area contributed by atoms with Gasteiger partial charge in [-0.15, -0.1) is 10.2 Å². The zero-order chi connectivity index (χ0) is 18.2. The number of nitrogens with zero attached hydrogens (tertiary/aromatic N) is 4. The Morgan fingerprint density at radius 2 is 2.08 bits per heavy atom. The van der Waals surface area contributed by atoms with Crippen LogP contribution in [0.3, 0.4) is 0 Å². The smallest absolute Gasteiger partial charge is 0.250 e. The van der Waals surface area contributed by atoms with Gasteiger partial charge in [0.05, 0.1) is 16.6 Å². The summed E-state index contributed by atoms with van der Waals surface area (Å²) in [7, 11) is 0. The molecule has 0 fully saturated rings. The highest BCUT2D eigenvalue weighted by molar-refractivity contribution is 8.00. The van der Waals surface area contributed by atoms with Crippen molar-refractivity contribution >= 4 is 35.0 Å². The molecule has 0 aliphatic carbocycles. The van der Waals surface area contributed by atoms with Crippen LogP contribution in [0.25, 0.3) is 0 Å². The van der Waals surface area contributed by atoms with Gasteiger partial charge in [-0.2, -0.15) is 0 Å². The number of para-hydroxylation sites is 2. The summed E-state index contributed by atoms with van der Waals surface area (Å²) in [6, 6.07) is 7.34. The second-order valence-electron chi connectivity index (χ2n) is 6.36. The number of aromatic nitrogens is 3. The number of thioether (sulfide) groups is 1. The fraction of sp³-hybridized carbons (Fsp3) is 0.412. The van der Waals surface area contributed by atoms with Crippen LogP contribution in [0, 0.1) is 0 Å². The number of nitrogens with one attached hydrogen (secondary N) is 1. The van der Waals surface area contributed by atoms with Crippen LogP contribution >= 0.6 is 11.8 Å². The van der Waals surface area contributed by atoms with Crippen LogP contribution in [0.5, 0.6) is 0 Å². The predicted molar refractivity (Wildman–Crippen MR) is 97.7 cm³/mol. The van der Waals surface area contributed by atoms with E-state index in [2.05, 4.69) is 15.5 Å². The van der Waals surface area contributed by atoms with Crippen molar-refractivity contribution in [1.82, 2.24) is 14.8 Å². The van der Waals surface area contributed by atoms with E-state index in [0.717, 1.165) is 6.54 Å². The maximum absolute atomic E-state index is 13.2. The van der Waals surface area contributed by atoms with E-state index >= 15 is 0 Å². The van der Waals surface area contributed by atoms with Gasteiger partial charge >= 0.3 is 0 Å². The molecule has 2 amide bonds. The average molecular weight is 359 g/mol. The SMILES string of the molecule is CCn1cnnc1SC(C)C(=O)N1c2ccccc2NC(=O)C1(C)C. The molecule has 1 atom stereocenters. The molecule has 7 nitrogen and oxygen atoms in total. The first-order valence-corrected chi connectivity index (χ1v) is 9.03. The van der Waals surface area contributed by atoms with Gasteiger partial charge in [0.1, 0.15) is 11.9 Å². The molecular weight excluding hydrogens is 338 g/mol. The molecule has 0 saturated carbocycles. The number of anilines is 2. The van der Waals surface area contributed by atoms with E-state index in [-0.39, 0.29) is 11.8 Å². The van der Waals surface area contributed by atoms with E-state index < -0.39 is 10.8 Å². The Hall–Kier alpha value is -2.35. The number of fused-ring (bicyclic) bond motifs is 1. The molecule has 1 aromatic carbocycles. The molecule has 1 aromatic heterocycles. The van der Waals surface area contributed by atoms with Crippen molar-refractivity contribution in [2.75, 3.05) is 10.2 Å². The molecule has 1 unspecified atom stereocenters.